The summed E-state index contributed by atoms with van der Waals surface area (Å²) in [6.07, 6.45) is 0. The van der Waals surface area contributed by atoms with Crippen molar-refractivity contribution < 1.29 is 19.5 Å². The quantitative estimate of drug-likeness (QED) is 0.779. The molecule has 2 aliphatic rings. The van der Waals surface area contributed by atoms with Crippen molar-refractivity contribution in [1.82, 2.24) is 15.2 Å². The summed E-state index contributed by atoms with van der Waals surface area (Å²) in [4.78, 5) is 41.5. The third-order valence-corrected chi connectivity index (χ3v) is 6.18. The van der Waals surface area contributed by atoms with E-state index in [1.54, 1.807) is 5.51 Å². The molecule has 0 aromatic carbocycles. The molecular formula is C15H15N3O4S2. The molecule has 2 aliphatic heterocycles. The average molecular weight is 365 g/mol. The zero-order valence-electron chi connectivity index (χ0n) is 13.0. The molecule has 0 saturated carbocycles. The molecule has 1 saturated heterocycles. The van der Waals surface area contributed by atoms with Gasteiger partial charge in [0.1, 0.15) is 17.1 Å². The lowest BCUT2D eigenvalue weighted by Gasteiger charge is -2.49. The van der Waals surface area contributed by atoms with Crippen molar-refractivity contribution in [2.75, 3.05) is 5.75 Å². The topological polar surface area (TPSA) is 99.6 Å². The Labute approximate surface area is 146 Å². The summed E-state index contributed by atoms with van der Waals surface area (Å²) < 4.78 is 0. The summed E-state index contributed by atoms with van der Waals surface area (Å²) in [5.74, 6) is -1.49. The molecule has 7 nitrogen and oxygen atoms in total. The van der Waals surface area contributed by atoms with Gasteiger partial charge in [-0.15, -0.1) is 23.1 Å². The first-order valence-electron chi connectivity index (χ1n) is 7.11. The number of aliphatic carboxylic acids is 1. The van der Waals surface area contributed by atoms with Crippen molar-refractivity contribution in [3.63, 3.8) is 0 Å². The van der Waals surface area contributed by atoms with Gasteiger partial charge in [-0.3, -0.25) is 14.5 Å². The highest BCUT2D eigenvalue weighted by molar-refractivity contribution is 8.00. The van der Waals surface area contributed by atoms with Crippen LogP contribution in [0.2, 0.25) is 0 Å². The molecule has 0 bridgehead atoms. The molecule has 126 valence electrons. The smallest absolute Gasteiger partial charge is 0.352 e. The van der Waals surface area contributed by atoms with Gasteiger partial charge in [0.15, 0.2) is 0 Å². The number of aryl methyl sites for hydroxylation is 1. The van der Waals surface area contributed by atoms with Gasteiger partial charge in [0.05, 0.1) is 16.1 Å². The minimum atomic E-state index is -1.17. The molecule has 2 amide bonds. The third kappa shape index (κ3) is 2.53. The third-order valence-electron chi connectivity index (χ3n) is 3.91. The van der Waals surface area contributed by atoms with E-state index in [9.17, 15) is 19.5 Å². The lowest BCUT2D eigenvalue weighted by Crippen LogP contribution is -2.70. The van der Waals surface area contributed by atoms with E-state index in [1.807, 2.05) is 6.92 Å². The second-order valence-corrected chi connectivity index (χ2v) is 7.43. The molecule has 2 atom stereocenters. The maximum absolute atomic E-state index is 12.3. The lowest BCUT2D eigenvalue weighted by atomic mass is 9.98. The van der Waals surface area contributed by atoms with Crippen molar-refractivity contribution in [3.8, 4) is 0 Å². The van der Waals surface area contributed by atoms with E-state index in [4.69, 9.17) is 0 Å². The van der Waals surface area contributed by atoms with Crippen LogP contribution >= 0.6 is 23.1 Å². The van der Waals surface area contributed by atoms with Gasteiger partial charge in [0.25, 0.3) is 5.91 Å². The zero-order chi connectivity index (χ0) is 17.6. The molecule has 2 N–H and O–H groups in total. The van der Waals surface area contributed by atoms with E-state index in [2.05, 4.69) is 16.9 Å². The van der Waals surface area contributed by atoms with Gasteiger partial charge >= 0.3 is 5.97 Å². The van der Waals surface area contributed by atoms with Crippen LogP contribution in [0.1, 0.15) is 17.5 Å². The van der Waals surface area contributed by atoms with Gasteiger partial charge in [-0.05, 0) is 12.5 Å². The van der Waals surface area contributed by atoms with E-state index in [-0.39, 0.29) is 11.6 Å². The number of allylic oxidation sites excluding steroid dienone is 1. The van der Waals surface area contributed by atoms with Crippen LogP contribution in [0.15, 0.2) is 23.4 Å². The number of carboxylic acids is 1. The maximum Gasteiger partial charge on any atom is 0.352 e. The van der Waals surface area contributed by atoms with Crippen molar-refractivity contribution in [1.29, 1.82) is 0 Å². The van der Waals surface area contributed by atoms with E-state index >= 15 is 0 Å². The summed E-state index contributed by atoms with van der Waals surface area (Å²) in [7, 11) is 0. The molecular weight excluding hydrogens is 350 g/mol. The predicted octanol–water partition coefficient (Wildman–Crippen LogP) is 1.22. The van der Waals surface area contributed by atoms with Crippen LogP contribution in [-0.4, -0.2) is 49.9 Å². The molecule has 1 aromatic heterocycles. The number of carbonyl (C=O) groups is 3. The monoisotopic (exact) mass is 365 g/mol. The number of rotatable bonds is 4. The SMILES string of the molecule is C=C(C1=C(C(=O)O)N2C(=O)C(NC(C)=O)[C@@H]2SC1)c1scnc1C. The van der Waals surface area contributed by atoms with Crippen LogP contribution in [0.25, 0.3) is 5.57 Å². The first-order chi connectivity index (χ1) is 11.3. The van der Waals surface area contributed by atoms with E-state index in [1.165, 1.54) is 34.9 Å². The number of hydrogen-bond donors (Lipinski definition) is 2. The number of nitrogens with one attached hydrogen (secondary N) is 1. The van der Waals surface area contributed by atoms with Crippen LogP contribution in [0, 0.1) is 6.92 Å². The van der Waals surface area contributed by atoms with Gasteiger partial charge < -0.3 is 10.4 Å². The molecule has 3 heterocycles. The molecule has 1 fully saturated rings. The molecule has 0 radical (unpaired) electrons. The molecule has 24 heavy (non-hydrogen) atoms. The second-order valence-electron chi connectivity index (χ2n) is 5.47. The Hall–Kier alpha value is -2.13. The van der Waals surface area contributed by atoms with Crippen molar-refractivity contribution in [2.24, 2.45) is 0 Å². The minimum Gasteiger partial charge on any atom is -0.477 e. The number of fused-ring (bicyclic) bond motifs is 1. The first-order valence-corrected chi connectivity index (χ1v) is 9.03. The Balaban J connectivity index is 1.98. The summed E-state index contributed by atoms with van der Waals surface area (Å²) in [6.45, 7) is 7.18. The standard InChI is InChI=1S/C15H15N3O4S2/c1-6(12-7(2)16-5-24-12)9-4-23-14-10(17-8(3)19)13(20)18(14)11(9)15(21)22/h5,10,14H,1,4H2,2-3H3,(H,17,19)(H,21,22)/t10?,14-/m0/s1. The minimum absolute atomic E-state index is 0.0526. The zero-order valence-corrected chi connectivity index (χ0v) is 14.7. The number of thiazole rings is 1. The highest BCUT2D eigenvalue weighted by Gasteiger charge is 2.54. The van der Waals surface area contributed by atoms with Crippen LogP contribution in [0.4, 0.5) is 0 Å². The number of amides is 2. The molecule has 1 unspecified atom stereocenters. The van der Waals surface area contributed by atoms with Crippen molar-refractivity contribution in [2.45, 2.75) is 25.3 Å². The number of hydrogen-bond acceptors (Lipinski definition) is 6. The van der Waals surface area contributed by atoms with Gasteiger partial charge in [0, 0.05) is 18.2 Å². The number of β-lactam (4-membered cyclic amide) rings is 1. The fraction of sp³-hybridized carbons (Fsp3) is 0.333. The summed E-state index contributed by atoms with van der Waals surface area (Å²) in [6, 6.07) is -0.679. The van der Waals surface area contributed by atoms with Crippen LogP contribution < -0.4 is 5.32 Å². The van der Waals surface area contributed by atoms with E-state index in [0.29, 0.717) is 16.9 Å². The Kier molecular flexibility index (Phi) is 4.22. The van der Waals surface area contributed by atoms with Gasteiger partial charge in [0.2, 0.25) is 5.91 Å². The highest BCUT2D eigenvalue weighted by Crippen LogP contribution is 2.44. The van der Waals surface area contributed by atoms with Gasteiger partial charge in [-0.1, -0.05) is 6.58 Å². The van der Waals surface area contributed by atoms with Crippen LogP contribution in [-0.2, 0) is 14.4 Å². The summed E-state index contributed by atoms with van der Waals surface area (Å²) in [5.41, 5.74) is 3.50. The van der Waals surface area contributed by atoms with E-state index < -0.39 is 23.3 Å². The number of nitrogens with zero attached hydrogens (tertiary/aromatic N) is 2. The number of thioether (sulfide) groups is 1. The van der Waals surface area contributed by atoms with E-state index in [0.717, 1.165) is 10.6 Å². The lowest BCUT2D eigenvalue weighted by molar-refractivity contribution is -0.150. The van der Waals surface area contributed by atoms with Gasteiger partial charge in [-0.25, -0.2) is 9.78 Å². The fourth-order valence-electron chi connectivity index (χ4n) is 2.80. The Morgan fingerprint density at radius 3 is 2.75 bits per heavy atom. The largest absolute Gasteiger partial charge is 0.477 e. The fourth-order valence-corrected chi connectivity index (χ4v) is 4.99. The number of aromatic nitrogens is 1. The van der Waals surface area contributed by atoms with Crippen LogP contribution in [0.5, 0.6) is 0 Å². The molecule has 0 spiro atoms. The predicted molar refractivity (Wildman–Crippen MR) is 91.2 cm³/mol. The molecule has 9 heteroatoms. The van der Waals surface area contributed by atoms with Crippen molar-refractivity contribution >= 4 is 46.5 Å². The number of carboxylic acid groups (broad SMARTS) is 1. The van der Waals surface area contributed by atoms with Gasteiger partial charge in [-0.2, -0.15) is 0 Å². The molecule has 1 aromatic rings. The summed E-state index contributed by atoms with van der Waals surface area (Å²) in [5, 5.41) is 11.8. The second kappa shape index (κ2) is 6.06. The Morgan fingerprint density at radius 1 is 1.50 bits per heavy atom. The Morgan fingerprint density at radius 2 is 2.21 bits per heavy atom. The highest BCUT2D eigenvalue weighted by atomic mass is 32.2. The molecule has 0 aliphatic carbocycles. The maximum atomic E-state index is 12.3. The summed E-state index contributed by atoms with van der Waals surface area (Å²) >= 11 is 2.81. The van der Waals surface area contributed by atoms with Crippen molar-refractivity contribution in [3.05, 3.63) is 33.9 Å². The average Bonchev–Trinajstić information content (AvgIpc) is 2.96. The molecule has 3 rings (SSSR count). The number of carbonyl (C=O) groups excluding carboxylic acids is 2. The normalized spacial score (nSPS) is 22.8. The Bertz CT molecular complexity index is 798. The van der Waals surface area contributed by atoms with Crippen LogP contribution in [0.3, 0.4) is 0 Å². The first kappa shape index (κ1) is 16.7.